The van der Waals surface area contributed by atoms with Gasteiger partial charge in [-0.25, -0.2) is 4.98 Å². The molecule has 1 aliphatic rings. The summed E-state index contributed by atoms with van der Waals surface area (Å²) >= 11 is 0. The Bertz CT molecular complexity index is 419. The van der Waals surface area contributed by atoms with Crippen LogP contribution < -0.4 is 10.6 Å². The molecular weight excluding hydrogens is 311 g/mol. The molecule has 0 aromatic carbocycles. The summed E-state index contributed by atoms with van der Waals surface area (Å²) < 4.78 is 2.12. The Balaban J connectivity index is 0.00000200. The van der Waals surface area contributed by atoms with Crippen molar-refractivity contribution < 1.29 is 4.79 Å². The van der Waals surface area contributed by atoms with Crippen molar-refractivity contribution in [2.24, 2.45) is 5.92 Å². The summed E-state index contributed by atoms with van der Waals surface area (Å²) in [4.78, 5) is 16.0. The average Bonchev–Trinajstić information content (AvgIpc) is 3.00. The summed E-state index contributed by atoms with van der Waals surface area (Å²) in [7, 11) is 0. The molecule has 1 aromatic rings. The van der Waals surface area contributed by atoms with Crippen molar-refractivity contribution >= 4 is 30.7 Å². The molecule has 0 aliphatic carbocycles. The largest absolute Gasteiger partial charge is 0.356 e. The predicted octanol–water partition coefficient (Wildman–Crippen LogP) is 1.93. The van der Waals surface area contributed by atoms with Crippen LogP contribution in [0.25, 0.3) is 0 Å². The Kier molecular flexibility index (Phi) is 9.66. The number of amides is 1. The van der Waals surface area contributed by atoms with Gasteiger partial charge in [-0.15, -0.1) is 24.8 Å². The minimum absolute atomic E-state index is 0. The van der Waals surface area contributed by atoms with Crippen molar-refractivity contribution in [1.82, 2.24) is 20.2 Å². The predicted molar refractivity (Wildman–Crippen MR) is 89.3 cm³/mol. The van der Waals surface area contributed by atoms with E-state index in [9.17, 15) is 4.79 Å². The molecule has 1 saturated heterocycles. The zero-order valence-electron chi connectivity index (χ0n) is 12.7. The Morgan fingerprint density at radius 3 is 2.90 bits per heavy atom. The Hall–Kier alpha value is -0.780. The normalized spacial score (nSPS) is 18.5. The second-order valence-electron chi connectivity index (χ2n) is 5.53. The van der Waals surface area contributed by atoms with Crippen LogP contribution in [0, 0.1) is 12.8 Å². The van der Waals surface area contributed by atoms with Gasteiger partial charge in [0, 0.05) is 37.9 Å². The molecule has 1 aliphatic heterocycles. The maximum atomic E-state index is 11.8. The number of nitrogens with one attached hydrogen (secondary N) is 2. The summed E-state index contributed by atoms with van der Waals surface area (Å²) in [6, 6.07) is 0.381. The smallest absolute Gasteiger partial charge is 0.221 e. The number of rotatable bonds is 6. The minimum Gasteiger partial charge on any atom is -0.356 e. The van der Waals surface area contributed by atoms with Gasteiger partial charge in [-0.05, 0) is 32.2 Å². The highest BCUT2D eigenvalue weighted by atomic mass is 35.5. The number of carbonyl (C=O) groups excluding carboxylic acids is 1. The summed E-state index contributed by atoms with van der Waals surface area (Å²) in [6.07, 6.45) is 6.71. The molecule has 7 heteroatoms. The van der Waals surface area contributed by atoms with Crippen molar-refractivity contribution in [3.8, 4) is 0 Å². The van der Waals surface area contributed by atoms with E-state index in [1.54, 1.807) is 0 Å². The number of aryl methyl sites for hydroxylation is 1. The zero-order valence-corrected chi connectivity index (χ0v) is 14.3. The van der Waals surface area contributed by atoms with E-state index in [0.717, 1.165) is 31.9 Å². The molecule has 0 spiro atoms. The second kappa shape index (κ2) is 10.0. The molecule has 0 saturated carbocycles. The third-order valence-electron chi connectivity index (χ3n) is 3.67. The topological polar surface area (TPSA) is 59.0 Å². The van der Waals surface area contributed by atoms with E-state index in [1.165, 1.54) is 6.42 Å². The van der Waals surface area contributed by atoms with Crippen LogP contribution >= 0.6 is 24.8 Å². The lowest BCUT2D eigenvalue weighted by Crippen LogP contribution is -2.34. The highest BCUT2D eigenvalue weighted by molar-refractivity contribution is 5.85. The first-order chi connectivity index (χ1) is 9.15. The minimum atomic E-state index is 0. The Morgan fingerprint density at radius 1 is 1.57 bits per heavy atom. The van der Waals surface area contributed by atoms with Crippen LogP contribution in [-0.2, 0) is 11.3 Å². The van der Waals surface area contributed by atoms with Crippen LogP contribution in [0.15, 0.2) is 12.4 Å². The molecule has 2 heterocycles. The van der Waals surface area contributed by atoms with Gasteiger partial charge in [-0.1, -0.05) is 6.92 Å². The lowest BCUT2D eigenvalue weighted by atomic mass is 10.1. The third kappa shape index (κ3) is 6.68. The number of imidazole rings is 1. The van der Waals surface area contributed by atoms with Crippen LogP contribution in [-0.4, -0.2) is 34.6 Å². The molecule has 1 aromatic heterocycles. The van der Waals surface area contributed by atoms with E-state index in [4.69, 9.17) is 0 Å². The molecule has 122 valence electrons. The van der Waals surface area contributed by atoms with Crippen LogP contribution in [0.3, 0.4) is 0 Å². The Morgan fingerprint density at radius 2 is 2.33 bits per heavy atom. The van der Waals surface area contributed by atoms with Gasteiger partial charge < -0.3 is 15.2 Å². The zero-order chi connectivity index (χ0) is 13.7. The van der Waals surface area contributed by atoms with Crippen LogP contribution in [0.1, 0.15) is 32.0 Å². The van der Waals surface area contributed by atoms with Crippen molar-refractivity contribution in [2.75, 3.05) is 13.1 Å². The maximum absolute atomic E-state index is 11.8. The van der Waals surface area contributed by atoms with E-state index in [1.807, 2.05) is 19.3 Å². The molecule has 0 bridgehead atoms. The summed E-state index contributed by atoms with van der Waals surface area (Å²) in [5.41, 5.74) is 0. The number of hydrogen-bond acceptors (Lipinski definition) is 3. The summed E-state index contributed by atoms with van der Waals surface area (Å²) in [6.45, 7) is 6.82. The van der Waals surface area contributed by atoms with Gasteiger partial charge >= 0.3 is 0 Å². The molecule has 1 fully saturated rings. The second-order valence-corrected chi connectivity index (χ2v) is 5.53. The van der Waals surface area contributed by atoms with Gasteiger partial charge in [-0.2, -0.15) is 0 Å². The van der Waals surface area contributed by atoms with Gasteiger partial charge in [0.2, 0.25) is 5.91 Å². The van der Waals surface area contributed by atoms with E-state index in [-0.39, 0.29) is 30.7 Å². The van der Waals surface area contributed by atoms with Crippen molar-refractivity contribution in [2.45, 2.75) is 45.7 Å². The van der Waals surface area contributed by atoms with E-state index in [2.05, 4.69) is 27.1 Å². The fourth-order valence-electron chi connectivity index (χ4n) is 2.51. The first kappa shape index (κ1) is 20.2. The first-order valence-corrected chi connectivity index (χ1v) is 7.13. The molecule has 0 radical (unpaired) electrons. The molecule has 2 atom stereocenters. The van der Waals surface area contributed by atoms with Gasteiger partial charge in [0.05, 0.1) is 0 Å². The molecular formula is C14H26Cl2N4O. The third-order valence-corrected chi connectivity index (χ3v) is 3.67. The van der Waals surface area contributed by atoms with Crippen LogP contribution in [0.4, 0.5) is 0 Å². The molecule has 2 rings (SSSR count). The highest BCUT2D eigenvalue weighted by Crippen LogP contribution is 2.08. The summed E-state index contributed by atoms with van der Waals surface area (Å²) in [5.74, 6) is 1.59. The lowest BCUT2D eigenvalue weighted by Gasteiger charge is -2.15. The fourth-order valence-corrected chi connectivity index (χ4v) is 2.51. The number of nitrogens with zero attached hydrogens (tertiary/aromatic N) is 2. The SMILES string of the molecule is Cc1nccn1CC(C)CNC(=O)CC1CCCN1.Cl.Cl. The molecule has 1 amide bonds. The van der Waals surface area contributed by atoms with Crippen molar-refractivity contribution in [3.63, 3.8) is 0 Å². The number of hydrogen-bond donors (Lipinski definition) is 2. The number of carbonyl (C=O) groups is 1. The monoisotopic (exact) mass is 336 g/mol. The van der Waals surface area contributed by atoms with Gasteiger partial charge in [0.1, 0.15) is 5.82 Å². The first-order valence-electron chi connectivity index (χ1n) is 7.13. The van der Waals surface area contributed by atoms with Gasteiger partial charge in [0.15, 0.2) is 0 Å². The lowest BCUT2D eigenvalue weighted by molar-refractivity contribution is -0.121. The standard InChI is InChI=1S/C14H24N4O.2ClH/c1-11(10-18-7-6-15-12(18)2)9-17-14(19)8-13-4-3-5-16-13;;/h6-7,11,13,16H,3-5,8-10H2,1-2H3,(H,17,19);2*1H. The molecule has 5 nitrogen and oxygen atoms in total. The van der Waals surface area contributed by atoms with Crippen molar-refractivity contribution in [3.05, 3.63) is 18.2 Å². The molecule has 2 unspecified atom stereocenters. The van der Waals surface area contributed by atoms with Gasteiger partial charge in [-0.3, -0.25) is 4.79 Å². The van der Waals surface area contributed by atoms with E-state index in [0.29, 0.717) is 18.4 Å². The van der Waals surface area contributed by atoms with E-state index < -0.39 is 0 Å². The number of halogens is 2. The molecule has 2 N–H and O–H groups in total. The Labute approximate surface area is 139 Å². The quantitative estimate of drug-likeness (QED) is 0.834. The van der Waals surface area contributed by atoms with Crippen molar-refractivity contribution in [1.29, 1.82) is 0 Å². The van der Waals surface area contributed by atoms with Gasteiger partial charge in [0.25, 0.3) is 0 Å². The van der Waals surface area contributed by atoms with E-state index >= 15 is 0 Å². The highest BCUT2D eigenvalue weighted by Gasteiger charge is 2.17. The average molecular weight is 337 g/mol. The van der Waals surface area contributed by atoms with Crippen LogP contribution in [0.5, 0.6) is 0 Å². The fraction of sp³-hybridized carbons (Fsp3) is 0.714. The maximum Gasteiger partial charge on any atom is 0.221 e. The summed E-state index contributed by atoms with van der Waals surface area (Å²) in [5, 5.41) is 6.37. The molecule has 21 heavy (non-hydrogen) atoms. The number of aromatic nitrogens is 2. The van der Waals surface area contributed by atoms with Crippen LogP contribution in [0.2, 0.25) is 0 Å².